The molecule has 0 aliphatic heterocycles. The van der Waals surface area contributed by atoms with Gasteiger partial charge in [-0.3, -0.25) is 4.79 Å². The van der Waals surface area contributed by atoms with Gasteiger partial charge in [-0.05, 0) is 42.3 Å². The van der Waals surface area contributed by atoms with E-state index >= 15 is 0 Å². The Morgan fingerprint density at radius 2 is 1.62 bits per heavy atom. The van der Waals surface area contributed by atoms with Crippen LogP contribution in [0.1, 0.15) is 50.5 Å². The first-order chi connectivity index (χ1) is 12.4. The van der Waals surface area contributed by atoms with Crippen LogP contribution < -0.4 is 0 Å². The first-order valence-corrected chi connectivity index (χ1v) is 9.49. The minimum atomic E-state index is -0.927. The third kappa shape index (κ3) is 5.33. The summed E-state index contributed by atoms with van der Waals surface area (Å²) in [7, 11) is 0. The van der Waals surface area contributed by atoms with Gasteiger partial charge in [0.1, 0.15) is 17.2 Å². The molecule has 0 aliphatic carbocycles. The Hall–Kier alpha value is -2.34. The summed E-state index contributed by atoms with van der Waals surface area (Å²) >= 11 is 1.21. The Morgan fingerprint density at radius 1 is 0.962 bits per heavy atom. The number of phenolic OH excluding ortho intramolecular Hbond substituents is 3. The van der Waals surface area contributed by atoms with Crippen LogP contribution in [0.4, 0.5) is 0 Å². The summed E-state index contributed by atoms with van der Waals surface area (Å²) in [5, 5.41) is 38.9. The highest BCUT2D eigenvalue weighted by atomic mass is 32.2. The number of rotatable bonds is 9. The molecule has 0 aromatic heterocycles. The second kappa shape index (κ2) is 9.38. The zero-order valence-corrected chi connectivity index (χ0v) is 15.5. The van der Waals surface area contributed by atoms with Gasteiger partial charge in [-0.1, -0.05) is 44.4 Å². The first-order valence-electron chi connectivity index (χ1n) is 8.68. The maximum atomic E-state index is 11.8. The van der Waals surface area contributed by atoms with Crippen molar-refractivity contribution < 1.29 is 25.2 Å². The van der Waals surface area contributed by atoms with Crippen LogP contribution in [0.3, 0.4) is 0 Å². The van der Waals surface area contributed by atoms with Crippen LogP contribution in [0.15, 0.2) is 46.2 Å². The fraction of sp³-hybridized carbons (Fsp3) is 0.350. The van der Waals surface area contributed by atoms with Crippen molar-refractivity contribution in [3.05, 3.63) is 42.0 Å². The van der Waals surface area contributed by atoms with Crippen LogP contribution in [0.2, 0.25) is 0 Å². The molecule has 0 heterocycles. The van der Waals surface area contributed by atoms with Crippen molar-refractivity contribution >= 4 is 17.7 Å². The fourth-order valence-electron chi connectivity index (χ4n) is 2.80. The van der Waals surface area contributed by atoms with Crippen molar-refractivity contribution in [1.29, 1.82) is 0 Å². The van der Waals surface area contributed by atoms with E-state index in [0.29, 0.717) is 21.8 Å². The van der Waals surface area contributed by atoms with Gasteiger partial charge in [0, 0.05) is 11.0 Å². The van der Waals surface area contributed by atoms with Crippen LogP contribution in [0.25, 0.3) is 0 Å². The molecular weight excluding hydrogens is 352 g/mol. The minimum absolute atomic E-state index is 0.0130. The fourth-order valence-corrected chi connectivity index (χ4v) is 3.79. The highest BCUT2D eigenvalue weighted by molar-refractivity contribution is 7.99. The maximum Gasteiger partial charge on any atom is 0.311 e. The monoisotopic (exact) mass is 376 g/mol. The van der Waals surface area contributed by atoms with Crippen molar-refractivity contribution in [1.82, 2.24) is 0 Å². The molecule has 0 saturated carbocycles. The van der Waals surface area contributed by atoms with Gasteiger partial charge in [0.05, 0.1) is 10.8 Å². The number of unbranched alkanes of at least 4 members (excludes halogenated alkanes) is 3. The van der Waals surface area contributed by atoms with E-state index in [4.69, 9.17) is 0 Å². The number of carboxylic acid groups (broad SMARTS) is 1. The van der Waals surface area contributed by atoms with Gasteiger partial charge in [-0.2, -0.15) is 0 Å². The normalized spacial score (nSPS) is 12.0. The molecule has 4 N–H and O–H groups in total. The average Bonchev–Trinajstić information content (AvgIpc) is 2.58. The number of carbonyl (C=O) groups is 1. The van der Waals surface area contributed by atoms with Crippen LogP contribution in [0, 0.1) is 0 Å². The summed E-state index contributed by atoms with van der Waals surface area (Å²) in [6.45, 7) is 2.10. The summed E-state index contributed by atoms with van der Waals surface area (Å²) in [5.41, 5.74) is 0.534. The Kier molecular flexibility index (Phi) is 7.21. The zero-order chi connectivity index (χ0) is 19.1. The quantitative estimate of drug-likeness (QED) is 0.455. The van der Waals surface area contributed by atoms with E-state index in [1.807, 2.05) is 0 Å². The van der Waals surface area contributed by atoms with Gasteiger partial charge in [-0.15, -0.1) is 0 Å². The third-order valence-corrected chi connectivity index (χ3v) is 5.33. The summed E-state index contributed by atoms with van der Waals surface area (Å²) in [6, 6.07) is 8.91. The van der Waals surface area contributed by atoms with E-state index in [2.05, 4.69) is 6.92 Å². The van der Waals surface area contributed by atoms with E-state index < -0.39 is 11.9 Å². The highest BCUT2D eigenvalue weighted by Gasteiger charge is 2.24. The molecule has 2 rings (SSSR count). The van der Waals surface area contributed by atoms with E-state index in [-0.39, 0.29) is 17.2 Å². The molecule has 0 radical (unpaired) electrons. The lowest BCUT2D eigenvalue weighted by atomic mass is 9.93. The van der Waals surface area contributed by atoms with Gasteiger partial charge in [0.25, 0.3) is 0 Å². The molecule has 1 atom stereocenters. The highest BCUT2D eigenvalue weighted by Crippen LogP contribution is 2.41. The Bertz CT molecular complexity index is 760. The van der Waals surface area contributed by atoms with Gasteiger partial charge in [0.2, 0.25) is 0 Å². The molecule has 1 unspecified atom stereocenters. The number of phenols is 3. The van der Waals surface area contributed by atoms with Crippen LogP contribution in [0.5, 0.6) is 17.2 Å². The number of aliphatic carboxylic acids is 1. The molecule has 0 spiro atoms. The standard InChI is InChI=1S/C20H24O5S/c1-2-3-4-5-6-15(20(24)25)16-11-13(21)7-9-18(16)26-19-10-8-14(22)12-17(19)23/h7-12,15,21-23H,2-6H2,1H3,(H,24,25). The maximum absolute atomic E-state index is 11.8. The van der Waals surface area contributed by atoms with Crippen LogP contribution in [-0.2, 0) is 4.79 Å². The molecule has 0 bridgehead atoms. The van der Waals surface area contributed by atoms with E-state index in [9.17, 15) is 25.2 Å². The van der Waals surface area contributed by atoms with Crippen LogP contribution in [-0.4, -0.2) is 26.4 Å². The van der Waals surface area contributed by atoms with E-state index in [1.165, 1.54) is 36.0 Å². The Balaban J connectivity index is 2.30. The number of aromatic hydroxyl groups is 3. The largest absolute Gasteiger partial charge is 0.508 e. The molecular formula is C20H24O5S. The SMILES string of the molecule is CCCCCCC(C(=O)O)c1cc(O)ccc1Sc1ccc(O)cc1O. The molecule has 6 heteroatoms. The second-order valence-corrected chi connectivity index (χ2v) is 7.30. The van der Waals surface area contributed by atoms with Gasteiger partial charge in [0.15, 0.2) is 0 Å². The molecule has 26 heavy (non-hydrogen) atoms. The minimum Gasteiger partial charge on any atom is -0.508 e. The van der Waals surface area contributed by atoms with Crippen molar-refractivity contribution in [2.45, 2.75) is 54.7 Å². The Morgan fingerprint density at radius 3 is 2.23 bits per heavy atom. The number of benzene rings is 2. The zero-order valence-electron chi connectivity index (χ0n) is 14.7. The molecule has 0 saturated heterocycles. The molecule has 2 aromatic carbocycles. The number of carboxylic acids is 1. The van der Waals surface area contributed by atoms with Crippen molar-refractivity contribution in [2.24, 2.45) is 0 Å². The van der Waals surface area contributed by atoms with Gasteiger partial charge >= 0.3 is 5.97 Å². The van der Waals surface area contributed by atoms with Gasteiger partial charge in [-0.25, -0.2) is 0 Å². The van der Waals surface area contributed by atoms with Crippen molar-refractivity contribution in [3.63, 3.8) is 0 Å². The second-order valence-electron chi connectivity index (χ2n) is 6.22. The number of hydrogen-bond donors (Lipinski definition) is 4. The molecule has 140 valence electrons. The van der Waals surface area contributed by atoms with Crippen molar-refractivity contribution in [2.75, 3.05) is 0 Å². The van der Waals surface area contributed by atoms with Gasteiger partial charge < -0.3 is 20.4 Å². The molecule has 2 aromatic rings. The lowest BCUT2D eigenvalue weighted by Crippen LogP contribution is -2.12. The number of hydrogen-bond acceptors (Lipinski definition) is 5. The average molecular weight is 376 g/mol. The van der Waals surface area contributed by atoms with Crippen molar-refractivity contribution in [3.8, 4) is 17.2 Å². The van der Waals surface area contributed by atoms with Crippen LogP contribution >= 0.6 is 11.8 Å². The summed E-state index contributed by atoms with van der Waals surface area (Å²) in [6.07, 6.45) is 4.41. The topological polar surface area (TPSA) is 98.0 Å². The lowest BCUT2D eigenvalue weighted by Gasteiger charge is -2.17. The molecule has 0 amide bonds. The lowest BCUT2D eigenvalue weighted by molar-refractivity contribution is -0.139. The predicted molar refractivity (Wildman–Crippen MR) is 101 cm³/mol. The smallest absolute Gasteiger partial charge is 0.311 e. The van der Waals surface area contributed by atoms with E-state index in [0.717, 1.165) is 25.7 Å². The summed E-state index contributed by atoms with van der Waals surface area (Å²) in [4.78, 5) is 13.0. The molecule has 5 nitrogen and oxygen atoms in total. The predicted octanol–water partition coefficient (Wildman–Crippen LogP) is 5.09. The summed E-state index contributed by atoms with van der Waals surface area (Å²) in [5.74, 6) is -1.76. The Labute approximate surface area is 157 Å². The van der Waals surface area contributed by atoms with E-state index in [1.54, 1.807) is 12.1 Å². The third-order valence-electron chi connectivity index (χ3n) is 4.18. The summed E-state index contributed by atoms with van der Waals surface area (Å²) < 4.78 is 0. The first kappa shape index (κ1) is 20.0. The molecule has 0 aliphatic rings. The molecule has 0 fully saturated rings.